The molecule has 0 aromatic heterocycles. The van der Waals surface area contributed by atoms with Crippen LogP contribution in [0.2, 0.25) is 0 Å². The van der Waals surface area contributed by atoms with Gasteiger partial charge in [-0.1, -0.05) is 0 Å². The fraction of sp³-hybridized carbons (Fsp3) is 0.889. The molecule has 0 bridgehead atoms. The lowest BCUT2D eigenvalue weighted by Crippen LogP contribution is -2.37. The number of methoxy groups -OCH3 is 2. The first-order valence-electron chi connectivity index (χ1n) is 4.82. The van der Waals surface area contributed by atoms with Crippen molar-refractivity contribution in [2.45, 2.75) is 37.6 Å². The Hall–Kier alpha value is -0.690. The number of aliphatic hydroxyl groups is 1. The lowest BCUT2D eigenvalue weighted by atomic mass is 10.1. The van der Waals surface area contributed by atoms with Gasteiger partial charge in [0, 0.05) is 7.11 Å². The van der Waals surface area contributed by atoms with E-state index in [1.165, 1.54) is 14.2 Å². The molecule has 0 saturated carbocycles. The summed E-state index contributed by atoms with van der Waals surface area (Å²) in [6.07, 6.45) is 0.688. The number of aliphatic hydroxyl groups excluding tert-OH is 1. The van der Waals surface area contributed by atoms with Gasteiger partial charge in [0.05, 0.1) is 13.2 Å². The summed E-state index contributed by atoms with van der Waals surface area (Å²) in [6, 6.07) is -1.08. The highest BCUT2D eigenvalue weighted by Gasteiger charge is 2.16. The molecule has 5 N–H and O–H groups in total. The average molecular weight is 220 g/mol. The molecule has 0 rings (SSSR count). The minimum absolute atomic E-state index is 0.434. The standard InChI is InChI=1S/C9H20N2O4/c1-14-8(12)6(10)4-3-5-7(11)9(13)15-2/h6-8,12H,3-5,10-11H2,1-2H3. The van der Waals surface area contributed by atoms with Gasteiger partial charge < -0.3 is 26.0 Å². The molecule has 0 heterocycles. The smallest absolute Gasteiger partial charge is 0.322 e. The maximum Gasteiger partial charge on any atom is 0.322 e. The van der Waals surface area contributed by atoms with Crippen LogP contribution in [0, 0.1) is 0 Å². The largest absolute Gasteiger partial charge is 0.468 e. The second-order valence-electron chi connectivity index (χ2n) is 3.35. The molecule has 0 radical (unpaired) electrons. The van der Waals surface area contributed by atoms with Crippen LogP contribution in [0.3, 0.4) is 0 Å². The van der Waals surface area contributed by atoms with Crippen LogP contribution in [0.15, 0.2) is 0 Å². The van der Waals surface area contributed by atoms with Gasteiger partial charge in [-0.25, -0.2) is 0 Å². The zero-order chi connectivity index (χ0) is 11.8. The van der Waals surface area contributed by atoms with E-state index in [0.29, 0.717) is 19.3 Å². The summed E-state index contributed by atoms with van der Waals surface area (Å²) < 4.78 is 9.11. The summed E-state index contributed by atoms with van der Waals surface area (Å²) in [6.45, 7) is 0. The molecule has 3 atom stereocenters. The number of hydrogen-bond acceptors (Lipinski definition) is 6. The third-order valence-electron chi connectivity index (χ3n) is 2.16. The van der Waals surface area contributed by atoms with Gasteiger partial charge in [-0.15, -0.1) is 0 Å². The Bertz CT molecular complexity index is 189. The molecule has 0 aliphatic rings. The zero-order valence-corrected chi connectivity index (χ0v) is 9.18. The first kappa shape index (κ1) is 14.3. The van der Waals surface area contributed by atoms with Crippen molar-refractivity contribution in [1.82, 2.24) is 0 Å². The molecule has 0 amide bonds. The van der Waals surface area contributed by atoms with Crippen LogP contribution in [0.5, 0.6) is 0 Å². The van der Waals surface area contributed by atoms with E-state index in [9.17, 15) is 9.90 Å². The highest BCUT2D eigenvalue weighted by atomic mass is 16.6. The molecule has 6 nitrogen and oxygen atoms in total. The highest BCUT2D eigenvalue weighted by molar-refractivity contribution is 5.75. The van der Waals surface area contributed by atoms with Crippen LogP contribution in [-0.4, -0.2) is 43.7 Å². The lowest BCUT2D eigenvalue weighted by Gasteiger charge is -2.17. The van der Waals surface area contributed by atoms with E-state index < -0.39 is 24.3 Å². The first-order valence-corrected chi connectivity index (χ1v) is 4.82. The fourth-order valence-electron chi connectivity index (χ4n) is 1.16. The van der Waals surface area contributed by atoms with Crippen LogP contribution >= 0.6 is 0 Å². The second-order valence-corrected chi connectivity index (χ2v) is 3.35. The Morgan fingerprint density at radius 2 is 1.93 bits per heavy atom. The lowest BCUT2D eigenvalue weighted by molar-refractivity contribution is -0.142. The zero-order valence-electron chi connectivity index (χ0n) is 9.18. The average Bonchev–Trinajstić information content (AvgIpc) is 2.26. The SMILES string of the molecule is COC(=O)C(N)CCCC(N)C(O)OC. The number of nitrogens with two attached hydrogens (primary N) is 2. The van der Waals surface area contributed by atoms with Gasteiger partial charge >= 0.3 is 5.97 Å². The molecule has 90 valence electrons. The van der Waals surface area contributed by atoms with E-state index in [4.69, 9.17) is 11.5 Å². The van der Waals surface area contributed by atoms with E-state index in [-0.39, 0.29) is 0 Å². The number of rotatable bonds is 7. The molecule has 0 aromatic carbocycles. The Balaban J connectivity index is 3.65. The van der Waals surface area contributed by atoms with Crippen LogP contribution in [0.1, 0.15) is 19.3 Å². The minimum Gasteiger partial charge on any atom is -0.468 e. The monoisotopic (exact) mass is 220 g/mol. The van der Waals surface area contributed by atoms with Gasteiger partial charge in [0.15, 0.2) is 6.29 Å². The molecule has 6 heteroatoms. The summed E-state index contributed by atoms with van der Waals surface area (Å²) in [7, 11) is 2.67. The molecular formula is C9H20N2O4. The first-order chi connectivity index (χ1) is 7.02. The van der Waals surface area contributed by atoms with Crippen LogP contribution in [0.4, 0.5) is 0 Å². The molecular weight excluding hydrogens is 200 g/mol. The maximum absolute atomic E-state index is 10.9. The van der Waals surface area contributed by atoms with Crippen molar-refractivity contribution < 1.29 is 19.4 Å². The third kappa shape index (κ3) is 5.68. The summed E-state index contributed by atoms with van der Waals surface area (Å²) in [5.74, 6) is -0.434. The van der Waals surface area contributed by atoms with E-state index >= 15 is 0 Å². The van der Waals surface area contributed by atoms with Gasteiger partial charge in [0.25, 0.3) is 0 Å². The second kappa shape index (κ2) is 7.58. The quantitative estimate of drug-likeness (QED) is 0.373. The van der Waals surface area contributed by atoms with Gasteiger partial charge in [-0.2, -0.15) is 0 Å². The normalized spacial score (nSPS) is 16.9. The molecule has 0 saturated heterocycles. The van der Waals surface area contributed by atoms with Crippen molar-refractivity contribution in [3.05, 3.63) is 0 Å². The van der Waals surface area contributed by atoms with E-state index in [1.807, 2.05) is 0 Å². The minimum atomic E-state index is -0.973. The fourth-order valence-corrected chi connectivity index (χ4v) is 1.16. The van der Waals surface area contributed by atoms with Gasteiger partial charge in [-0.3, -0.25) is 4.79 Å². The number of carbonyl (C=O) groups is 1. The maximum atomic E-state index is 10.9. The van der Waals surface area contributed by atoms with Gasteiger partial charge in [-0.05, 0) is 19.3 Å². The Morgan fingerprint density at radius 3 is 2.40 bits per heavy atom. The van der Waals surface area contributed by atoms with Crippen LogP contribution in [0.25, 0.3) is 0 Å². The van der Waals surface area contributed by atoms with E-state index in [2.05, 4.69) is 9.47 Å². The van der Waals surface area contributed by atoms with Gasteiger partial charge in [0.1, 0.15) is 6.04 Å². The molecule has 0 spiro atoms. The Morgan fingerprint density at radius 1 is 1.33 bits per heavy atom. The van der Waals surface area contributed by atoms with Gasteiger partial charge in [0.2, 0.25) is 0 Å². The predicted octanol–water partition coefficient (Wildman–Crippen LogP) is -1.05. The summed E-state index contributed by atoms with van der Waals surface area (Å²) in [5.41, 5.74) is 11.1. The molecule has 0 fully saturated rings. The molecule has 0 aromatic rings. The highest BCUT2D eigenvalue weighted by Crippen LogP contribution is 2.05. The number of hydrogen-bond donors (Lipinski definition) is 3. The third-order valence-corrected chi connectivity index (χ3v) is 2.16. The number of carbonyl (C=O) groups excluding carboxylic acids is 1. The van der Waals surface area contributed by atoms with Crippen molar-refractivity contribution in [3.63, 3.8) is 0 Å². The van der Waals surface area contributed by atoms with Crippen molar-refractivity contribution in [2.75, 3.05) is 14.2 Å². The Labute approximate surface area is 89.5 Å². The summed E-state index contributed by atoms with van der Waals surface area (Å²) in [4.78, 5) is 10.9. The molecule has 15 heavy (non-hydrogen) atoms. The molecule has 3 unspecified atom stereocenters. The van der Waals surface area contributed by atoms with E-state index in [0.717, 1.165) is 0 Å². The van der Waals surface area contributed by atoms with Crippen molar-refractivity contribution in [1.29, 1.82) is 0 Å². The van der Waals surface area contributed by atoms with Crippen LogP contribution in [-0.2, 0) is 14.3 Å². The van der Waals surface area contributed by atoms with E-state index in [1.54, 1.807) is 0 Å². The number of esters is 1. The Kier molecular flexibility index (Phi) is 7.23. The molecule has 0 aliphatic carbocycles. The predicted molar refractivity (Wildman–Crippen MR) is 54.8 cm³/mol. The summed E-state index contributed by atoms with van der Waals surface area (Å²) >= 11 is 0. The molecule has 0 aliphatic heterocycles. The van der Waals surface area contributed by atoms with Crippen molar-refractivity contribution in [2.24, 2.45) is 11.5 Å². The summed E-state index contributed by atoms with van der Waals surface area (Å²) in [5, 5.41) is 9.18. The van der Waals surface area contributed by atoms with Crippen molar-refractivity contribution in [3.8, 4) is 0 Å². The number of ether oxygens (including phenoxy) is 2. The van der Waals surface area contributed by atoms with Crippen LogP contribution < -0.4 is 11.5 Å². The van der Waals surface area contributed by atoms with Crippen molar-refractivity contribution >= 4 is 5.97 Å². The topological polar surface area (TPSA) is 108 Å².